The number of hydrogen-bond donors (Lipinski definition) is 6. The van der Waals surface area contributed by atoms with Gasteiger partial charge < -0.3 is 40.1 Å². The van der Waals surface area contributed by atoms with Gasteiger partial charge in [-0.3, -0.25) is 9.59 Å². The number of carbonyl (C=O) groups excluding carboxylic acids is 2. The molecular weight excluding hydrogens is 544 g/mol. The van der Waals surface area contributed by atoms with Crippen molar-refractivity contribution in [3.8, 4) is 0 Å². The van der Waals surface area contributed by atoms with Crippen LogP contribution < -0.4 is 0 Å². The summed E-state index contributed by atoms with van der Waals surface area (Å²) < 4.78 is 10.3. The van der Waals surface area contributed by atoms with Crippen molar-refractivity contribution in [3.63, 3.8) is 0 Å². The molecule has 0 saturated heterocycles. The molecule has 10 atom stereocenters. The Morgan fingerprint density at radius 2 is 1.24 bits per heavy atom. The molecule has 0 aromatic rings. The Balaban J connectivity index is 3.02. The zero-order valence-electron chi connectivity index (χ0n) is 25.1. The lowest BCUT2D eigenvalue weighted by Crippen LogP contribution is -2.39. The third kappa shape index (κ3) is 14.5. The number of rotatable bonds is 1. The number of carbonyl (C=O) groups is 2. The molecular formula is C32H50O10. The molecule has 0 unspecified atom stereocenters. The second-order valence-electron chi connectivity index (χ2n) is 11.0. The summed E-state index contributed by atoms with van der Waals surface area (Å²) >= 11 is 0. The minimum Gasteiger partial charge on any atom is -0.469 e. The average Bonchev–Trinajstić information content (AvgIpc) is 2.92. The number of cyclic esters (lactones) is 1. The number of hydrogen-bond acceptors (Lipinski definition) is 10. The molecule has 0 radical (unpaired) electrons. The quantitative estimate of drug-likeness (QED) is 0.247. The highest BCUT2D eigenvalue weighted by atomic mass is 16.5. The Kier molecular flexibility index (Phi) is 18.1. The van der Waals surface area contributed by atoms with Gasteiger partial charge in [0.15, 0.2) is 0 Å². The van der Waals surface area contributed by atoms with E-state index in [1.165, 1.54) is 19.1 Å². The van der Waals surface area contributed by atoms with Crippen molar-refractivity contribution in [2.45, 2.75) is 102 Å². The van der Waals surface area contributed by atoms with Crippen LogP contribution in [0.15, 0.2) is 60.8 Å². The molecule has 0 aliphatic carbocycles. The largest absolute Gasteiger partial charge is 0.469 e. The summed E-state index contributed by atoms with van der Waals surface area (Å²) in [6, 6.07) is 0. The van der Waals surface area contributed by atoms with Crippen LogP contribution in [0.4, 0.5) is 0 Å². The summed E-state index contributed by atoms with van der Waals surface area (Å²) in [6.45, 7) is 5.19. The fourth-order valence-corrected chi connectivity index (χ4v) is 4.44. The Hall–Kier alpha value is -2.60. The van der Waals surface area contributed by atoms with Gasteiger partial charge in [-0.1, -0.05) is 67.7 Å². The van der Waals surface area contributed by atoms with Crippen LogP contribution in [0.5, 0.6) is 0 Å². The summed E-state index contributed by atoms with van der Waals surface area (Å²) in [7, 11) is 1.15. The second-order valence-corrected chi connectivity index (χ2v) is 11.0. The van der Waals surface area contributed by atoms with Crippen LogP contribution in [0.2, 0.25) is 0 Å². The van der Waals surface area contributed by atoms with E-state index < -0.39 is 66.5 Å². The number of ether oxygens (including phenoxy) is 2. The summed E-state index contributed by atoms with van der Waals surface area (Å²) in [5, 5.41) is 62.7. The monoisotopic (exact) mass is 594 g/mol. The third-order valence-corrected chi connectivity index (χ3v) is 7.39. The fourth-order valence-electron chi connectivity index (χ4n) is 4.44. The lowest BCUT2D eigenvalue weighted by atomic mass is 9.90. The van der Waals surface area contributed by atoms with Crippen LogP contribution in [0, 0.1) is 17.8 Å². The van der Waals surface area contributed by atoms with Crippen molar-refractivity contribution in [2.75, 3.05) is 7.11 Å². The topological polar surface area (TPSA) is 174 Å². The average molecular weight is 595 g/mol. The highest BCUT2D eigenvalue weighted by molar-refractivity contribution is 5.74. The summed E-state index contributed by atoms with van der Waals surface area (Å²) in [5.74, 6) is -3.66. The van der Waals surface area contributed by atoms with Crippen LogP contribution in [0.3, 0.4) is 0 Å². The maximum atomic E-state index is 12.6. The molecule has 1 rings (SSSR count). The lowest BCUT2D eigenvalue weighted by molar-refractivity contribution is -0.158. The molecule has 0 spiro atoms. The van der Waals surface area contributed by atoms with Crippen molar-refractivity contribution < 1.29 is 49.7 Å². The van der Waals surface area contributed by atoms with Crippen LogP contribution in [0.1, 0.15) is 59.3 Å². The minimum absolute atomic E-state index is 0.0319. The number of aliphatic hydroxyl groups is 6. The van der Waals surface area contributed by atoms with Crippen molar-refractivity contribution in [2.24, 2.45) is 17.8 Å². The number of allylic oxidation sites excluding steroid dienone is 8. The predicted molar refractivity (Wildman–Crippen MR) is 159 cm³/mol. The first-order valence-corrected chi connectivity index (χ1v) is 14.6. The maximum Gasteiger partial charge on any atom is 0.314 e. The molecule has 1 aliphatic heterocycles. The molecule has 0 saturated carbocycles. The van der Waals surface area contributed by atoms with E-state index in [4.69, 9.17) is 9.47 Å². The Morgan fingerprint density at radius 1 is 0.738 bits per heavy atom. The molecule has 0 bridgehead atoms. The Bertz CT molecular complexity index is 940. The summed E-state index contributed by atoms with van der Waals surface area (Å²) in [6.07, 6.45) is 10.2. The van der Waals surface area contributed by atoms with Gasteiger partial charge in [-0.2, -0.15) is 0 Å². The molecule has 0 fully saturated rings. The Labute approximate surface area is 249 Å². The van der Waals surface area contributed by atoms with Crippen molar-refractivity contribution in [3.05, 3.63) is 60.8 Å². The van der Waals surface area contributed by atoms with Gasteiger partial charge in [0.05, 0.1) is 49.7 Å². The van der Waals surface area contributed by atoms with E-state index >= 15 is 0 Å². The van der Waals surface area contributed by atoms with E-state index in [-0.39, 0.29) is 38.0 Å². The molecule has 238 valence electrons. The normalized spacial score (nSPS) is 39.4. The number of esters is 2. The molecule has 1 aliphatic rings. The third-order valence-electron chi connectivity index (χ3n) is 7.39. The molecule has 0 aromatic heterocycles. The fraction of sp³-hybridized carbons (Fsp3) is 0.625. The highest BCUT2D eigenvalue weighted by Crippen LogP contribution is 2.21. The van der Waals surface area contributed by atoms with Crippen molar-refractivity contribution in [1.29, 1.82) is 0 Å². The SMILES string of the molecule is COC(=O)[C@H]1[C@H](O)/C=C/C=C/C=C/C=C/C=C/[C@H](C)[C@@H](C)OC(=O)[C@H](C)[C@@H](O)C[C@@H](O)C[C@@H](O)CCC[C@@H](O)C[C@H]1O. The number of methoxy groups -OCH3 is 1. The molecule has 0 amide bonds. The van der Waals surface area contributed by atoms with Crippen molar-refractivity contribution >= 4 is 11.9 Å². The summed E-state index contributed by atoms with van der Waals surface area (Å²) in [5.41, 5.74) is 0. The molecule has 1 heterocycles. The second kappa shape index (κ2) is 20.3. The van der Waals surface area contributed by atoms with Crippen molar-refractivity contribution in [1.82, 2.24) is 0 Å². The number of aliphatic hydroxyl groups excluding tert-OH is 6. The van der Waals surface area contributed by atoms with E-state index in [2.05, 4.69) is 0 Å². The van der Waals surface area contributed by atoms with E-state index in [1.54, 1.807) is 37.3 Å². The standard InChI is InChI=1S/C32H50O10/c1-21-14-11-9-7-5-6-8-10-12-17-27(36)30(32(40)41-4)29(38)19-25(34)16-13-15-24(33)18-26(35)20-28(37)22(2)31(39)42-23(21)3/h5-12,14,17,21-30,33-38H,13,15-16,18-20H2,1-4H3/b6-5+,9-7+,10-8+,14-11+,17-12+/t21-,22+,23+,24-,25+,26-,27+,28-,29+,30-/m0/s1. The highest BCUT2D eigenvalue weighted by Gasteiger charge is 2.34. The smallest absolute Gasteiger partial charge is 0.314 e. The van der Waals surface area contributed by atoms with Crippen LogP contribution in [-0.4, -0.2) is 92.4 Å². The van der Waals surface area contributed by atoms with Gasteiger partial charge in [-0.05, 0) is 39.5 Å². The lowest BCUT2D eigenvalue weighted by Gasteiger charge is -2.26. The van der Waals surface area contributed by atoms with Crippen LogP contribution in [-0.2, 0) is 19.1 Å². The maximum absolute atomic E-state index is 12.6. The van der Waals surface area contributed by atoms with Gasteiger partial charge >= 0.3 is 11.9 Å². The van der Waals surface area contributed by atoms with Gasteiger partial charge in [0, 0.05) is 18.8 Å². The molecule has 6 N–H and O–H groups in total. The molecule has 10 heteroatoms. The molecule has 0 aromatic carbocycles. The van der Waals surface area contributed by atoms with E-state index in [0.717, 1.165) is 7.11 Å². The van der Waals surface area contributed by atoms with Gasteiger partial charge in [0.1, 0.15) is 12.0 Å². The van der Waals surface area contributed by atoms with Gasteiger partial charge in [0.25, 0.3) is 0 Å². The van der Waals surface area contributed by atoms with Gasteiger partial charge in [-0.25, -0.2) is 0 Å². The first kappa shape index (κ1) is 37.4. The van der Waals surface area contributed by atoms with Gasteiger partial charge in [0.2, 0.25) is 0 Å². The minimum atomic E-state index is -1.38. The molecule has 10 nitrogen and oxygen atoms in total. The van der Waals surface area contributed by atoms with E-state index in [0.29, 0.717) is 6.42 Å². The summed E-state index contributed by atoms with van der Waals surface area (Å²) in [4.78, 5) is 24.8. The zero-order chi connectivity index (χ0) is 31.7. The predicted octanol–water partition coefficient (Wildman–Crippen LogP) is 2.28. The van der Waals surface area contributed by atoms with E-state index in [1.807, 2.05) is 25.2 Å². The Morgan fingerprint density at radius 3 is 1.81 bits per heavy atom. The van der Waals surface area contributed by atoms with Crippen LogP contribution in [0.25, 0.3) is 0 Å². The molecule has 42 heavy (non-hydrogen) atoms. The van der Waals surface area contributed by atoms with E-state index in [9.17, 15) is 40.2 Å². The zero-order valence-corrected chi connectivity index (χ0v) is 25.1. The van der Waals surface area contributed by atoms with Gasteiger partial charge in [-0.15, -0.1) is 0 Å². The first-order valence-electron chi connectivity index (χ1n) is 14.6. The van der Waals surface area contributed by atoms with Crippen LogP contribution >= 0.6 is 0 Å². The first-order chi connectivity index (χ1) is 19.9.